The Balaban J connectivity index is 2.33. The Morgan fingerprint density at radius 2 is 2.05 bits per heavy atom. The van der Waals surface area contributed by atoms with Gasteiger partial charge >= 0.3 is 0 Å². The third-order valence-corrected chi connectivity index (χ3v) is 4.26. The minimum absolute atomic E-state index is 0.131. The molecule has 0 aliphatic heterocycles. The molecule has 1 heterocycles. The maximum absolute atomic E-state index is 13.8. The van der Waals surface area contributed by atoms with E-state index in [2.05, 4.69) is 20.9 Å². The van der Waals surface area contributed by atoms with E-state index in [1.807, 2.05) is 6.92 Å². The van der Waals surface area contributed by atoms with Crippen LogP contribution in [-0.2, 0) is 12.8 Å². The number of aromatic nitrogens is 1. The zero-order chi connectivity index (χ0) is 14.0. The fraction of sp³-hybridized carbons (Fsp3) is 0.308. The number of rotatable bonds is 4. The predicted octanol–water partition coefficient (Wildman–Crippen LogP) is 4.31. The smallest absolute Gasteiger partial charge is 0.180 e. The molecular weight excluding hydrogens is 334 g/mol. The average Bonchev–Trinajstić information content (AvgIpc) is 2.67. The standard InChI is InChI=1S/C13H13BrF2N2S/c1-2-3-11-12(19-13(17)18-11)5-7-4-10(16)8(14)6-9(7)15/h4,6H,2-3,5H2,1H3,(H2,17,18). The van der Waals surface area contributed by atoms with Crippen LogP contribution in [-0.4, -0.2) is 4.98 Å². The van der Waals surface area contributed by atoms with E-state index in [-0.39, 0.29) is 4.47 Å². The zero-order valence-electron chi connectivity index (χ0n) is 10.3. The summed E-state index contributed by atoms with van der Waals surface area (Å²) in [5.74, 6) is -0.895. The second-order valence-electron chi connectivity index (χ2n) is 4.21. The molecule has 2 aromatic rings. The van der Waals surface area contributed by atoms with Crippen molar-refractivity contribution in [3.8, 4) is 0 Å². The van der Waals surface area contributed by atoms with E-state index in [1.165, 1.54) is 17.4 Å². The van der Waals surface area contributed by atoms with Gasteiger partial charge in [0.1, 0.15) is 11.6 Å². The molecule has 0 radical (unpaired) electrons. The molecule has 0 bridgehead atoms. The second-order valence-corrected chi connectivity index (χ2v) is 6.18. The molecule has 0 unspecified atom stereocenters. The lowest BCUT2D eigenvalue weighted by atomic mass is 10.1. The number of hydrogen-bond acceptors (Lipinski definition) is 3. The highest BCUT2D eigenvalue weighted by Crippen LogP contribution is 2.27. The number of hydrogen-bond donors (Lipinski definition) is 1. The molecule has 2 N–H and O–H groups in total. The summed E-state index contributed by atoms with van der Waals surface area (Å²) < 4.78 is 27.4. The summed E-state index contributed by atoms with van der Waals surface area (Å²) >= 11 is 4.30. The van der Waals surface area contributed by atoms with E-state index in [0.29, 0.717) is 17.1 Å². The highest BCUT2D eigenvalue weighted by Gasteiger charge is 2.14. The van der Waals surface area contributed by atoms with Crippen LogP contribution in [0.3, 0.4) is 0 Å². The second kappa shape index (κ2) is 5.96. The number of nitrogens with zero attached hydrogens (tertiary/aromatic N) is 1. The van der Waals surface area contributed by atoms with E-state index < -0.39 is 11.6 Å². The first-order chi connectivity index (χ1) is 9.01. The van der Waals surface area contributed by atoms with Gasteiger partial charge in [0.2, 0.25) is 0 Å². The van der Waals surface area contributed by atoms with Crippen LogP contribution in [0.1, 0.15) is 29.5 Å². The molecule has 0 spiro atoms. The third kappa shape index (κ3) is 3.30. The summed E-state index contributed by atoms with van der Waals surface area (Å²) in [4.78, 5) is 5.14. The van der Waals surface area contributed by atoms with Gasteiger partial charge < -0.3 is 5.73 Å². The monoisotopic (exact) mass is 346 g/mol. The van der Waals surface area contributed by atoms with E-state index in [4.69, 9.17) is 5.73 Å². The van der Waals surface area contributed by atoms with Gasteiger partial charge in [0.25, 0.3) is 0 Å². The largest absolute Gasteiger partial charge is 0.375 e. The highest BCUT2D eigenvalue weighted by atomic mass is 79.9. The summed E-state index contributed by atoms with van der Waals surface area (Å²) in [6, 6.07) is 2.36. The maximum atomic E-state index is 13.8. The van der Waals surface area contributed by atoms with Gasteiger partial charge in [-0.2, -0.15) is 0 Å². The number of nitrogen functional groups attached to an aromatic ring is 1. The molecule has 19 heavy (non-hydrogen) atoms. The van der Waals surface area contributed by atoms with E-state index in [1.54, 1.807) is 0 Å². The fourth-order valence-electron chi connectivity index (χ4n) is 1.85. The quantitative estimate of drug-likeness (QED) is 0.837. The van der Waals surface area contributed by atoms with Crippen molar-refractivity contribution >= 4 is 32.4 Å². The molecule has 0 atom stereocenters. The van der Waals surface area contributed by atoms with Gasteiger partial charge in [0, 0.05) is 11.3 Å². The van der Waals surface area contributed by atoms with Gasteiger partial charge in [-0.1, -0.05) is 13.3 Å². The van der Waals surface area contributed by atoms with E-state index in [0.717, 1.165) is 29.5 Å². The lowest BCUT2D eigenvalue weighted by Crippen LogP contribution is -1.97. The summed E-state index contributed by atoms with van der Waals surface area (Å²) in [5.41, 5.74) is 6.89. The van der Waals surface area contributed by atoms with E-state index >= 15 is 0 Å². The number of anilines is 1. The van der Waals surface area contributed by atoms with Crippen LogP contribution in [0.2, 0.25) is 0 Å². The molecule has 1 aromatic carbocycles. The molecule has 0 aliphatic carbocycles. The van der Waals surface area contributed by atoms with Crippen LogP contribution in [0.5, 0.6) is 0 Å². The van der Waals surface area contributed by atoms with Gasteiger partial charge in [-0.15, -0.1) is 11.3 Å². The van der Waals surface area contributed by atoms with Crippen molar-refractivity contribution in [1.82, 2.24) is 4.98 Å². The number of thiazole rings is 1. The Kier molecular flexibility index (Phi) is 4.52. The van der Waals surface area contributed by atoms with Gasteiger partial charge in [0.05, 0.1) is 10.2 Å². The summed E-state index contributed by atoms with van der Waals surface area (Å²) in [5, 5.41) is 0.469. The van der Waals surface area contributed by atoms with Crippen LogP contribution in [0.15, 0.2) is 16.6 Å². The zero-order valence-corrected chi connectivity index (χ0v) is 12.7. The van der Waals surface area contributed by atoms with E-state index in [9.17, 15) is 8.78 Å². The lowest BCUT2D eigenvalue weighted by molar-refractivity contribution is 0.583. The molecule has 102 valence electrons. The van der Waals surface area contributed by atoms with Crippen molar-refractivity contribution in [3.05, 3.63) is 44.4 Å². The first-order valence-electron chi connectivity index (χ1n) is 5.88. The van der Waals surface area contributed by atoms with Crippen molar-refractivity contribution in [2.45, 2.75) is 26.2 Å². The van der Waals surface area contributed by atoms with Gasteiger partial charge in [-0.3, -0.25) is 0 Å². The third-order valence-electron chi connectivity index (χ3n) is 2.72. The van der Waals surface area contributed by atoms with Crippen LogP contribution in [0.25, 0.3) is 0 Å². The van der Waals surface area contributed by atoms with Crippen molar-refractivity contribution < 1.29 is 8.78 Å². The first-order valence-corrected chi connectivity index (χ1v) is 7.49. The number of nitrogens with two attached hydrogens (primary N) is 1. The van der Waals surface area contributed by atoms with Crippen molar-refractivity contribution in [2.75, 3.05) is 5.73 Å². The van der Waals surface area contributed by atoms with Crippen molar-refractivity contribution in [3.63, 3.8) is 0 Å². The van der Waals surface area contributed by atoms with Crippen LogP contribution in [0.4, 0.5) is 13.9 Å². The van der Waals surface area contributed by atoms with Crippen LogP contribution in [0, 0.1) is 11.6 Å². The topological polar surface area (TPSA) is 38.9 Å². The van der Waals surface area contributed by atoms with Gasteiger partial charge in [0.15, 0.2) is 5.13 Å². The normalized spacial score (nSPS) is 10.9. The molecule has 6 heteroatoms. The first kappa shape index (κ1) is 14.4. The Bertz CT molecular complexity index is 599. The molecule has 2 nitrogen and oxygen atoms in total. The average molecular weight is 347 g/mol. The molecule has 0 aliphatic rings. The lowest BCUT2D eigenvalue weighted by Gasteiger charge is -2.05. The van der Waals surface area contributed by atoms with Gasteiger partial charge in [-0.25, -0.2) is 13.8 Å². The molecular formula is C13H13BrF2N2S. The van der Waals surface area contributed by atoms with Crippen molar-refractivity contribution in [1.29, 1.82) is 0 Å². The molecule has 0 amide bonds. The molecule has 0 saturated carbocycles. The SMILES string of the molecule is CCCc1nc(N)sc1Cc1cc(F)c(Br)cc1F. The molecule has 2 rings (SSSR count). The highest BCUT2D eigenvalue weighted by molar-refractivity contribution is 9.10. The Morgan fingerprint density at radius 1 is 1.32 bits per heavy atom. The summed E-state index contributed by atoms with van der Waals surface area (Å²) in [6.07, 6.45) is 2.05. The van der Waals surface area contributed by atoms with Crippen LogP contribution >= 0.6 is 27.3 Å². The maximum Gasteiger partial charge on any atom is 0.180 e. The number of halogens is 3. The summed E-state index contributed by atoms with van der Waals surface area (Å²) in [6.45, 7) is 2.04. The van der Waals surface area contributed by atoms with Crippen LogP contribution < -0.4 is 5.73 Å². The molecule has 0 saturated heterocycles. The van der Waals surface area contributed by atoms with Gasteiger partial charge in [-0.05, 0) is 40.0 Å². The number of aryl methyl sites for hydroxylation is 1. The fourth-order valence-corrected chi connectivity index (χ4v) is 3.06. The molecule has 0 fully saturated rings. The molecule has 1 aromatic heterocycles. The Morgan fingerprint density at radius 3 is 2.74 bits per heavy atom. The predicted molar refractivity (Wildman–Crippen MR) is 77.4 cm³/mol. The van der Waals surface area contributed by atoms with Crippen molar-refractivity contribution in [2.24, 2.45) is 0 Å². The minimum Gasteiger partial charge on any atom is -0.375 e. The Labute approximate surface area is 122 Å². The Hall–Kier alpha value is -1.01. The number of benzene rings is 1. The summed E-state index contributed by atoms with van der Waals surface area (Å²) in [7, 11) is 0. The minimum atomic E-state index is -0.467.